The summed E-state index contributed by atoms with van der Waals surface area (Å²) in [5.74, 6) is -1.73. The molecule has 0 aliphatic rings. The lowest BCUT2D eigenvalue weighted by Crippen LogP contribution is -2.30. The number of pyridine rings is 1. The molecule has 0 fully saturated rings. The fourth-order valence-corrected chi connectivity index (χ4v) is 1.52. The fourth-order valence-electron chi connectivity index (χ4n) is 1.08. The Bertz CT molecular complexity index is 425. The summed E-state index contributed by atoms with van der Waals surface area (Å²) in [6.07, 6.45) is -0.0421. The van der Waals surface area contributed by atoms with Gasteiger partial charge in [-0.2, -0.15) is 0 Å². The molecule has 17 heavy (non-hydrogen) atoms. The third-order valence-electron chi connectivity index (χ3n) is 1.96. The molecule has 0 aliphatic heterocycles. The van der Waals surface area contributed by atoms with Crippen LogP contribution in [0.4, 0.5) is 0 Å². The van der Waals surface area contributed by atoms with Crippen molar-refractivity contribution in [1.82, 2.24) is 10.3 Å². The number of hydrogen-bond acceptors (Lipinski definition) is 4. The average Bonchev–Trinajstić information content (AvgIpc) is 2.29. The van der Waals surface area contributed by atoms with Gasteiger partial charge in [0.25, 0.3) is 5.91 Å². The SMILES string of the molecule is O=C(NCCC(O)C(=O)O)c1ncccc1Br. The van der Waals surface area contributed by atoms with E-state index in [0.717, 1.165) is 0 Å². The molecule has 0 aliphatic carbocycles. The highest BCUT2D eigenvalue weighted by molar-refractivity contribution is 9.10. The molecule has 7 heteroatoms. The number of carbonyl (C=O) groups is 2. The summed E-state index contributed by atoms with van der Waals surface area (Å²) in [4.78, 5) is 25.8. The Kier molecular flexibility index (Phi) is 5.05. The zero-order chi connectivity index (χ0) is 12.8. The van der Waals surface area contributed by atoms with Crippen molar-refractivity contribution in [3.8, 4) is 0 Å². The lowest BCUT2D eigenvalue weighted by atomic mass is 10.2. The predicted octanol–water partition coefficient (Wildman–Crippen LogP) is 0.410. The number of aliphatic hydroxyl groups is 1. The summed E-state index contributed by atoms with van der Waals surface area (Å²) < 4.78 is 0.552. The first-order valence-electron chi connectivity index (χ1n) is 4.82. The Morgan fingerprint density at radius 2 is 2.24 bits per heavy atom. The highest BCUT2D eigenvalue weighted by atomic mass is 79.9. The van der Waals surface area contributed by atoms with Crippen LogP contribution in [0.15, 0.2) is 22.8 Å². The van der Waals surface area contributed by atoms with Crippen LogP contribution in [0.5, 0.6) is 0 Å². The van der Waals surface area contributed by atoms with Crippen LogP contribution < -0.4 is 5.32 Å². The number of aromatic nitrogens is 1. The molecule has 1 rings (SSSR count). The van der Waals surface area contributed by atoms with Crippen molar-refractivity contribution >= 4 is 27.8 Å². The summed E-state index contributed by atoms with van der Waals surface area (Å²) in [6.45, 7) is 0.0648. The van der Waals surface area contributed by atoms with E-state index in [2.05, 4.69) is 26.2 Å². The van der Waals surface area contributed by atoms with Gasteiger partial charge in [-0.25, -0.2) is 9.78 Å². The van der Waals surface area contributed by atoms with Crippen molar-refractivity contribution in [2.45, 2.75) is 12.5 Å². The number of carboxylic acid groups (broad SMARTS) is 1. The van der Waals surface area contributed by atoms with Gasteiger partial charge in [0.1, 0.15) is 5.69 Å². The van der Waals surface area contributed by atoms with Crippen molar-refractivity contribution in [2.24, 2.45) is 0 Å². The largest absolute Gasteiger partial charge is 0.479 e. The van der Waals surface area contributed by atoms with E-state index in [1.54, 1.807) is 12.1 Å². The standard InChI is InChI=1S/C10H11BrN2O4/c11-6-2-1-4-12-8(6)9(15)13-5-3-7(14)10(16)17/h1-2,4,7,14H,3,5H2,(H,13,15)(H,16,17). The second-order valence-electron chi connectivity index (χ2n) is 3.23. The predicted molar refractivity (Wildman–Crippen MR) is 62.5 cm³/mol. The van der Waals surface area contributed by atoms with Crippen LogP contribution in [0.2, 0.25) is 0 Å². The van der Waals surface area contributed by atoms with E-state index >= 15 is 0 Å². The maximum Gasteiger partial charge on any atom is 0.332 e. The highest BCUT2D eigenvalue weighted by Crippen LogP contribution is 2.12. The maximum atomic E-state index is 11.6. The maximum absolute atomic E-state index is 11.6. The number of aliphatic hydroxyl groups excluding tert-OH is 1. The molecule has 0 saturated heterocycles. The van der Waals surface area contributed by atoms with Crippen LogP contribution in [0.25, 0.3) is 0 Å². The number of hydrogen-bond donors (Lipinski definition) is 3. The summed E-state index contributed by atoms with van der Waals surface area (Å²) in [5, 5.41) is 19.9. The Balaban J connectivity index is 2.46. The van der Waals surface area contributed by atoms with E-state index in [9.17, 15) is 9.59 Å². The van der Waals surface area contributed by atoms with E-state index in [1.807, 2.05) is 0 Å². The Morgan fingerprint density at radius 3 is 2.82 bits per heavy atom. The first-order valence-corrected chi connectivity index (χ1v) is 5.61. The Labute approximate surface area is 106 Å². The lowest BCUT2D eigenvalue weighted by molar-refractivity contribution is -0.146. The molecular weight excluding hydrogens is 292 g/mol. The molecular formula is C10H11BrN2O4. The summed E-state index contributed by atoms with van der Waals surface area (Å²) in [6, 6.07) is 3.35. The summed E-state index contributed by atoms with van der Waals surface area (Å²) >= 11 is 3.17. The molecule has 3 N–H and O–H groups in total. The fraction of sp³-hybridized carbons (Fsp3) is 0.300. The minimum Gasteiger partial charge on any atom is -0.479 e. The molecule has 0 saturated carbocycles. The first-order chi connectivity index (χ1) is 8.02. The van der Waals surface area contributed by atoms with Crippen LogP contribution >= 0.6 is 15.9 Å². The van der Waals surface area contributed by atoms with E-state index in [0.29, 0.717) is 4.47 Å². The molecule has 1 aromatic rings. The molecule has 1 aromatic heterocycles. The highest BCUT2D eigenvalue weighted by Gasteiger charge is 2.14. The number of halogens is 1. The third-order valence-corrected chi connectivity index (χ3v) is 2.60. The van der Waals surface area contributed by atoms with Crippen LogP contribution in [-0.4, -0.2) is 39.7 Å². The monoisotopic (exact) mass is 302 g/mol. The van der Waals surface area contributed by atoms with Gasteiger partial charge >= 0.3 is 5.97 Å². The minimum atomic E-state index is -1.47. The molecule has 0 bridgehead atoms. The van der Waals surface area contributed by atoms with Crippen LogP contribution in [0, 0.1) is 0 Å². The number of amides is 1. The number of nitrogens with one attached hydrogen (secondary N) is 1. The molecule has 92 valence electrons. The minimum absolute atomic E-state index is 0.0501. The molecule has 0 aromatic carbocycles. The third kappa shape index (κ3) is 4.12. The molecule has 0 radical (unpaired) electrons. The second-order valence-corrected chi connectivity index (χ2v) is 4.09. The quantitative estimate of drug-likeness (QED) is 0.731. The molecule has 0 spiro atoms. The second kappa shape index (κ2) is 6.31. The van der Waals surface area contributed by atoms with Crippen molar-refractivity contribution < 1.29 is 19.8 Å². The molecule has 1 heterocycles. The number of rotatable bonds is 5. The topological polar surface area (TPSA) is 99.5 Å². The average molecular weight is 303 g/mol. The van der Waals surface area contributed by atoms with Gasteiger partial charge in [0.05, 0.1) is 0 Å². The zero-order valence-electron chi connectivity index (χ0n) is 8.76. The van der Waals surface area contributed by atoms with Crippen molar-refractivity contribution in [1.29, 1.82) is 0 Å². The van der Waals surface area contributed by atoms with Gasteiger partial charge in [0.15, 0.2) is 6.10 Å². The number of carbonyl (C=O) groups excluding carboxylic acids is 1. The van der Waals surface area contributed by atoms with Gasteiger partial charge in [-0.05, 0) is 28.1 Å². The van der Waals surface area contributed by atoms with Gasteiger partial charge in [0.2, 0.25) is 0 Å². The van der Waals surface area contributed by atoms with E-state index in [1.165, 1.54) is 6.20 Å². The first kappa shape index (κ1) is 13.6. The van der Waals surface area contributed by atoms with Crippen molar-refractivity contribution in [3.05, 3.63) is 28.5 Å². The van der Waals surface area contributed by atoms with Crippen LogP contribution in [0.3, 0.4) is 0 Å². The van der Waals surface area contributed by atoms with Gasteiger partial charge in [-0.1, -0.05) is 0 Å². The van der Waals surface area contributed by atoms with Gasteiger partial charge in [-0.15, -0.1) is 0 Å². The normalized spacial score (nSPS) is 11.9. The molecule has 1 atom stereocenters. The van der Waals surface area contributed by atoms with Gasteiger partial charge < -0.3 is 15.5 Å². The summed E-state index contributed by atoms with van der Waals surface area (Å²) in [7, 11) is 0. The zero-order valence-corrected chi connectivity index (χ0v) is 10.3. The van der Waals surface area contributed by atoms with E-state index in [-0.39, 0.29) is 18.7 Å². The number of carboxylic acids is 1. The summed E-state index contributed by atoms with van der Waals surface area (Å²) in [5.41, 5.74) is 0.220. The van der Waals surface area contributed by atoms with E-state index < -0.39 is 18.0 Å². The van der Waals surface area contributed by atoms with Crippen molar-refractivity contribution in [2.75, 3.05) is 6.54 Å². The van der Waals surface area contributed by atoms with Gasteiger partial charge in [-0.3, -0.25) is 4.79 Å². The van der Waals surface area contributed by atoms with Crippen LogP contribution in [0.1, 0.15) is 16.9 Å². The van der Waals surface area contributed by atoms with E-state index in [4.69, 9.17) is 10.2 Å². The molecule has 6 nitrogen and oxygen atoms in total. The Morgan fingerprint density at radius 1 is 1.53 bits per heavy atom. The molecule has 1 amide bonds. The number of nitrogens with zero attached hydrogens (tertiary/aromatic N) is 1. The number of aliphatic carboxylic acids is 1. The van der Waals surface area contributed by atoms with Gasteiger partial charge in [0, 0.05) is 23.6 Å². The molecule has 1 unspecified atom stereocenters. The Hall–Kier alpha value is -1.47. The lowest BCUT2D eigenvalue weighted by Gasteiger charge is -2.07. The van der Waals surface area contributed by atoms with Crippen LogP contribution in [-0.2, 0) is 4.79 Å². The smallest absolute Gasteiger partial charge is 0.332 e. The van der Waals surface area contributed by atoms with Crippen molar-refractivity contribution in [3.63, 3.8) is 0 Å².